The van der Waals surface area contributed by atoms with Crippen molar-refractivity contribution in [2.75, 3.05) is 7.11 Å². The summed E-state index contributed by atoms with van der Waals surface area (Å²) < 4.78 is 5.24. The number of aromatic nitrogens is 1. The summed E-state index contributed by atoms with van der Waals surface area (Å²) in [4.78, 5) is 23.5. The molecule has 36 heavy (non-hydrogen) atoms. The summed E-state index contributed by atoms with van der Waals surface area (Å²) in [6, 6.07) is 20.7. The number of hydrogen-bond acceptors (Lipinski definition) is 7. The molecule has 1 saturated carbocycles. The Hall–Kier alpha value is -3.40. The number of thioether (sulfide) groups is 1. The second-order valence-corrected chi connectivity index (χ2v) is 10.2. The van der Waals surface area contributed by atoms with Crippen molar-refractivity contribution >= 4 is 28.5 Å². The third-order valence-corrected chi connectivity index (χ3v) is 8.17. The van der Waals surface area contributed by atoms with Gasteiger partial charge in [0.1, 0.15) is 11.9 Å². The number of aliphatic hydroxyl groups is 2. The molecule has 2 aromatic carbocycles. The monoisotopic (exact) mass is 504 g/mol. The molecule has 9 heteroatoms. The standard InChI is InChI=1S/C27H28N4O4S/c1-35-19-11-9-18(10-12-19)30-27-31(23-24(33)22(32)14-20(26(28)34)25(23)36-27)15-16-5-7-17(8-6-16)21-4-2-3-13-29-21/h2-13,20,22-25,32-33H,14-15H2,1H3,(H2,28,34)/t20-,22+,23-,24-,25+/m0/s1. The number of amidine groups is 1. The van der Waals surface area contributed by atoms with Gasteiger partial charge in [0, 0.05) is 23.6 Å². The van der Waals surface area contributed by atoms with E-state index in [1.165, 1.54) is 11.8 Å². The lowest BCUT2D eigenvalue weighted by atomic mass is 9.80. The number of primary amides is 1. The lowest BCUT2D eigenvalue weighted by Crippen LogP contribution is -2.58. The Morgan fingerprint density at radius 1 is 1.14 bits per heavy atom. The first-order valence-corrected chi connectivity index (χ1v) is 12.6. The number of amides is 1. The van der Waals surface area contributed by atoms with Gasteiger partial charge in [-0.1, -0.05) is 42.1 Å². The van der Waals surface area contributed by atoms with Crippen molar-refractivity contribution in [3.05, 3.63) is 78.5 Å². The van der Waals surface area contributed by atoms with Crippen LogP contribution in [-0.4, -0.2) is 61.8 Å². The molecule has 3 aromatic rings. The molecule has 2 aliphatic rings. The van der Waals surface area contributed by atoms with Crippen LogP contribution >= 0.6 is 11.8 Å². The van der Waals surface area contributed by atoms with Crippen LogP contribution in [-0.2, 0) is 11.3 Å². The van der Waals surface area contributed by atoms with Crippen molar-refractivity contribution in [1.82, 2.24) is 9.88 Å². The maximum atomic E-state index is 12.3. The van der Waals surface area contributed by atoms with Crippen LogP contribution in [0.25, 0.3) is 11.3 Å². The quantitative estimate of drug-likeness (QED) is 0.472. The molecule has 186 valence electrons. The Balaban J connectivity index is 1.48. The number of ether oxygens (including phenoxy) is 1. The average Bonchev–Trinajstić information content (AvgIpc) is 3.25. The van der Waals surface area contributed by atoms with Gasteiger partial charge < -0.3 is 25.6 Å². The van der Waals surface area contributed by atoms with E-state index in [4.69, 9.17) is 15.5 Å². The van der Waals surface area contributed by atoms with Gasteiger partial charge in [-0.15, -0.1) is 0 Å². The van der Waals surface area contributed by atoms with Crippen molar-refractivity contribution in [3.63, 3.8) is 0 Å². The van der Waals surface area contributed by atoms with Gasteiger partial charge in [-0.3, -0.25) is 9.78 Å². The Bertz CT molecular complexity index is 1240. The largest absolute Gasteiger partial charge is 0.497 e. The highest BCUT2D eigenvalue weighted by atomic mass is 32.2. The topological polar surface area (TPSA) is 121 Å². The normalized spacial score (nSPS) is 26.6. The fourth-order valence-electron chi connectivity index (χ4n) is 4.84. The third kappa shape index (κ3) is 4.82. The predicted octanol–water partition coefficient (Wildman–Crippen LogP) is 2.96. The van der Waals surface area contributed by atoms with Gasteiger partial charge in [-0.2, -0.15) is 0 Å². The molecule has 0 bridgehead atoms. The zero-order valence-electron chi connectivity index (χ0n) is 19.8. The molecule has 2 fully saturated rings. The van der Waals surface area contributed by atoms with E-state index in [9.17, 15) is 15.0 Å². The number of nitrogens with zero attached hydrogens (tertiary/aromatic N) is 3. The van der Waals surface area contributed by atoms with Crippen molar-refractivity contribution in [2.45, 2.75) is 36.5 Å². The van der Waals surface area contributed by atoms with Crippen molar-refractivity contribution in [3.8, 4) is 17.0 Å². The number of hydrogen-bond donors (Lipinski definition) is 3. The molecule has 5 rings (SSSR count). The van der Waals surface area contributed by atoms with Crippen LogP contribution in [0.1, 0.15) is 12.0 Å². The summed E-state index contributed by atoms with van der Waals surface area (Å²) >= 11 is 1.43. The molecule has 1 amide bonds. The summed E-state index contributed by atoms with van der Waals surface area (Å²) in [5.74, 6) is -0.325. The van der Waals surface area contributed by atoms with Crippen molar-refractivity contribution in [1.29, 1.82) is 0 Å². The van der Waals surface area contributed by atoms with Crippen LogP contribution in [0, 0.1) is 5.92 Å². The summed E-state index contributed by atoms with van der Waals surface area (Å²) in [6.45, 7) is 0.445. The SMILES string of the molecule is COc1ccc(N=C2S[C@H]3[C@H]([C@@H](O)[C@H](O)C[C@@H]3C(N)=O)N2Cc2ccc(-c3ccccn3)cc2)cc1. The average molecular weight is 505 g/mol. The van der Waals surface area contributed by atoms with E-state index in [1.54, 1.807) is 13.3 Å². The molecular formula is C27H28N4O4S. The van der Waals surface area contributed by atoms with Gasteiger partial charge in [-0.05, 0) is 48.4 Å². The van der Waals surface area contributed by atoms with Crippen LogP contribution in [0.5, 0.6) is 5.75 Å². The van der Waals surface area contributed by atoms with Crippen molar-refractivity contribution in [2.24, 2.45) is 16.6 Å². The van der Waals surface area contributed by atoms with Crippen LogP contribution in [0.2, 0.25) is 0 Å². The van der Waals surface area contributed by atoms with Crippen LogP contribution in [0.3, 0.4) is 0 Å². The molecule has 2 heterocycles. The zero-order valence-corrected chi connectivity index (χ0v) is 20.6. The Morgan fingerprint density at radius 2 is 1.89 bits per heavy atom. The molecule has 1 aliphatic heterocycles. The number of benzene rings is 2. The fourth-order valence-corrected chi connectivity index (χ4v) is 6.42. The van der Waals surface area contributed by atoms with Gasteiger partial charge in [0.15, 0.2) is 5.17 Å². The number of carbonyl (C=O) groups excluding carboxylic acids is 1. The zero-order chi connectivity index (χ0) is 25.2. The number of methoxy groups -OCH3 is 1. The Kier molecular flexibility index (Phi) is 6.95. The minimum absolute atomic E-state index is 0.132. The number of aliphatic imine (C=N–C) groups is 1. The highest BCUT2D eigenvalue weighted by Crippen LogP contribution is 2.45. The molecule has 4 N–H and O–H groups in total. The van der Waals surface area contributed by atoms with Gasteiger partial charge in [-0.25, -0.2) is 4.99 Å². The van der Waals surface area contributed by atoms with Crippen LogP contribution in [0.4, 0.5) is 5.69 Å². The highest BCUT2D eigenvalue weighted by molar-refractivity contribution is 8.14. The maximum Gasteiger partial charge on any atom is 0.221 e. The number of nitrogens with two attached hydrogens (primary N) is 1. The molecule has 1 aromatic heterocycles. The number of pyridine rings is 1. The number of carbonyl (C=O) groups is 1. The first-order valence-electron chi connectivity index (χ1n) is 11.8. The predicted molar refractivity (Wildman–Crippen MR) is 140 cm³/mol. The fraction of sp³-hybridized carbons (Fsp3) is 0.296. The van der Waals surface area contributed by atoms with Crippen LogP contribution in [0.15, 0.2) is 77.9 Å². The summed E-state index contributed by atoms with van der Waals surface area (Å²) in [5.41, 5.74) is 9.32. The highest BCUT2D eigenvalue weighted by Gasteiger charge is 2.54. The number of rotatable bonds is 6. The summed E-state index contributed by atoms with van der Waals surface area (Å²) in [7, 11) is 1.61. The minimum Gasteiger partial charge on any atom is -0.497 e. The molecule has 0 spiro atoms. The lowest BCUT2D eigenvalue weighted by Gasteiger charge is -2.41. The van der Waals surface area contributed by atoms with E-state index in [1.807, 2.05) is 71.6 Å². The Morgan fingerprint density at radius 3 is 2.53 bits per heavy atom. The molecule has 1 aliphatic carbocycles. The molecular weight excluding hydrogens is 476 g/mol. The third-order valence-electron chi connectivity index (χ3n) is 6.75. The summed E-state index contributed by atoms with van der Waals surface area (Å²) in [5, 5.41) is 21.9. The van der Waals surface area contributed by atoms with E-state index in [2.05, 4.69) is 4.98 Å². The van der Waals surface area contributed by atoms with Gasteiger partial charge in [0.05, 0.1) is 36.6 Å². The van der Waals surface area contributed by atoms with Gasteiger partial charge in [0.2, 0.25) is 5.91 Å². The van der Waals surface area contributed by atoms with Gasteiger partial charge >= 0.3 is 0 Å². The van der Waals surface area contributed by atoms with Crippen LogP contribution < -0.4 is 10.5 Å². The second kappa shape index (κ2) is 10.3. The van der Waals surface area contributed by atoms with E-state index in [0.29, 0.717) is 11.7 Å². The molecule has 0 unspecified atom stereocenters. The first kappa shape index (κ1) is 24.3. The van der Waals surface area contributed by atoms with E-state index >= 15 is 0 Å². The van der Waals surface area contributed by atoms with E-state index in [0.717, 1.165) is 28.3 Å². The lowest BCUT2D eigenvalue weighted by molar-refractivity contribution is -0.128. The van der Waals surface area contributed by atoms with E-state index in [-0.39, 0.29) is 11.7 Å². The van der Waals surface area contributed by atoms with E-state index < -0.39 is 30.1 Å². The number of aliphatic hydroxyl groups excluding tert-OH is 2. The molecule has 8 nitrogen and oxygen atoms in total. The molecule has 1 saturated heterocycles. The maximum absolute atomic E-state index is 12.3. The second-order valence-electron chi connectivity index (χ2n) is 9.01. The molecule has 0 radical (unpaired) electrons. The Labute approximate surface area is 213 Å². The number of fused-ring (bicyclic) bond motifs is 1. The first-order chi connectivity index (χ1) is 17.4. The van der Waals surface area contributed by atoms with Gasteiger partial charge in [0.25, 0.3) is 0 Å². The minimum atomic E-state index is -1.04. The van der Waals surface area contributed by atoms with Crippen molar-refractivity contribution < 1.29 is 19.7 Å². The summed E-state index contributed by atoms with van der Waals surface area (Å²) in [6.07, 6.45) is -0.182. The molecule has 5 atom stereocenters. The smallest absolute Gasteiger partial charge is 0.221 e.